The average molecular weight is 419 g/mol. The second kappa shape index (κ2) is 7.27. The lowest BCUT2D eigenvalue weighted by atomic mass is 9.90. The van der Waals surface area contributed by atoms with Gasteiger partial charge >= 0.3 is 0 Å². The zero-order valence-corrected chi connectivity index (χ0v) is 17.1. The summed E-state index contributed by atoms with van der Waals surface area (Å²) >= 11 is 7.36. The Morgan fingerprint density at radius 1 is 1.46 bits per heavy atom. The molecule has 0 radical (unpaired) electrons. The third-order valence-electron chi connectivity index (χ3n) is 5.02. The Balaban J connectivity index is 1.64. The maximum absolute atomic E-state index is 13.0. The number of carbonyl (C=O) groups is 1. The molecular weight excluding hydrogens is 400 g/mol. The van der Waals surface area contributed by atoms with Gasteiger partial charge in [0, 0.05) is 22.0 Å². The predicted molar refractivity (Wildman–Crippen MR) is 109 cm³/mol. The normalized spacial score (nSPS) is 18.8. The SMILES string of the molecule is CCC1(C)Cc2c(sc3nnn(CC(=O)Nc4cccc(Cl)c4)c(=O)c23)CO1. The van der Waals surface area contributed by atoms with Crippen LogP contribution in [0.1, 0.15) is 30.7 Å². The zero-order chi connectivity index (χ0) is 19.9. The number of thiophene rings is 1. The summed E-state index contributed by atoms with van der Waals surface area (Å²) < 4.78 is 7.06. The Morgan fingerprint density at radius 3 is 3.04 bits per heavy atom. The van der Waals surface area contributed by atoms with E-state index in [1.165, 1.54) is 11.3 Å². The highest BCUT2D eigenvalue weighted by atomic mass is 35.5. The third-order valence-corrected chi connectivity index (χ3v) is 6.34. The first-order chi connectivity index (χ1) is 13.4. The Hall–Kier alpha value is -2.29. The summed E-state index contributed by atoms with van der Waals surface area (Å²) in [7, 11) is 0. The maximum atomic E-state index is 13.0. The number of amides is 1. The van der Waals surface area contributed by atoms with Crippen molar-refractivity contribution in [2.75, 3.05) is 5.32 Å². The maximum Gasteiger partial charge on any atom is 0.279 e. The van der Waals surface area contributed by atoms with Gasteiger partial charge in [-0.2, -0.15) is 0 Å². The smallest absolute Gasteiger partial charge is 0.279 e. The number of hydrogen-bond donors (Lipinski definition) is 1. The van der Waals surface area contributed by atoms with Crippen LogP contribution in [0, 0.1) is 0 Å². The molecule has 0 aliphatic carbocycles. The zero-order valence-electron chi connectivity index (χ0n) is 15.5. The predicted octanol–water partition coefficient (Wildman–Crippen LogP) is 3.39. The van der Waals surface area contributed by atoms with Gasteiger partial charge in [-0.1, -0.05) is 29.8 Å². The molecule has 0 spiro atoms. The summed E-state index contributed by atoms with van der Waals surface area (Å²) in [6, 6.07) is 6.81. The molecule has 3 aromatic rings. The number of ether oxygens (including phenoxy) is 1. The highest BCUT2D eigenvalue weighted by Crippen LogP contribution is 2.37. The molecule has 3 heterocycles. The first-order valence-electron chi connectivity index (χ1n) is 8.96. The lowest BCUT2D eigenvalue weighted by molar-refractivity contribution is -0.117. The molecule has 1 atom stereocenters. The van der Waals surface area contributed by atoms with Crippen LogP contribution in [0.15, 0.2) is 29.1 Å². The summed E-state index contributed by atoms with van der Waals surface area (Å²) in [6.45, 7) is 4.36. The van der Waals surface area contributed by atoms with E-state index >= 15 is 0 Å². The number of halogens is 1. The molecule has 0 saturated heterocycles. The lowest BCUT2D eigenvalue weighted by Crippen LogP contribution is -2.35. The van der Waals surface area contributed by atoms with E-state index in [1.54, 1.807) is 24.3 Å². The second-order valence-corrected chi connectivity index (χ2v) is 8.58. The van der Waals surface area contributed by atoms with Gasteiger partial charge in [0.2, 0.25) is 5.91 Å². The summed E-state index contributed by atoms with van der Waals surface area (Å²) in [6.07, 6.45) is 1.49. The van der Waals surface area contributed by atoms with Crippen LogP contribution < -0.4 is 10.9 Å². The number of benzene rings is 1. The van der Waals surface area contributed by atoms with Crippen LogP contribution in [0.5, 0.6) is 0 Å². The van der Waals surface area contributed by atoms with Gasteiger partial charge in [0.15, 0.2) is 4.83 Å². The van der Waals surface area contributed by atoms with Gasteiger partial charge in [0.05, 0.1) is 17.6 Å². The lowest BCUT2D eigenvalue weighted by Gasteiger charge is -2.32. The van der Waals surface area contributed by atoms with Gasteiger partial charge in [0.1, 0.15) is 6.54 Å². The highest BCUT2D eigenvalue weighted by molar-refractivity contribution is 7.18. The van der Waals surface area contributed by atoms with Gasteiger partial charge in [-0.3, -0.25) is 9.59 Å². The summed E-state index contributed by atoms with van der Waals surface area (Å²) in [5, 5.41) is 11.9. The van der Waals surface area contributed by atoms with Crippen LogP contribution in [0.4, 0.5) is 5.69 Å². The van der Waals surface area contributed by atoms with E-state index in [-0.39, 0.29) is 23.6 Å². The number of aromatic nitrogens is 3. The third kappa shape index (κ3) is 3.55. The highest BCUT2D eigenvalue weighted by Gasteiger charge is 2.33. The fourth-order valence-corrected chi connectivity index (χ4v) is 4.48. The van der Waals surface area contributed by atoms with Gasteiger partial charge in [-0.15, -0.1) is 16.4 Å². The van der Waals surface area contributed by atoms with Crippen LogP contribution in [0.25, 0.3) is 10.2 Å². The summed E-state index contributed by atoms with van der Waals surface area (Å²) in [5.74, 6) is -0.371. The molecule has 1 aromatic carbocycles. The molecule has 7 nitrogen and oxygen atoms in total. The molecule has 1 unspecified atom stereocenters. The topological polar surface area (TPSA) is 86.1 Å². The molecular formula is C19H19ClN4O3S. The van der Waals surface area contributed by atoms with Crippen molar-refractivity contribution < 1.29 is 9.53 Å². The van der Waals surface area contributed by atoms with E-state index < -0.39 is 0 Å². The number of anilines is 1. The Kier molecular flexibility index (Phi) is 4.95. The summed E-state index contributed by atoms with van der Waals surface area (Å²) in [4.78, 5) is 27.0. The summed E-state index contributed by atoms with van der Waals surface area (Å²) in [5.41, 5.74) is 0.929. The van der Waals surface area contributed by atoms with Crippen molar-refractivity contribution in [3.05, 3.63) is 50.1 Å². The first-order valence-corrected chi connectivity index (χ1v) is 10.2. The van der Waals surface area contributed by atoms with E-state index in [2.05, 4.69) is 22.6 Å². The monoisotopic (exact) mass is 418 g/mol. The number of fused-ring (bicyclic) bond motifs is 3. The van der Waals surface area contributed by atoms with Crippen LogP contribution in [-0.4, -0.2) is 26.5 Å². The van der Waals surface area contributed by atoms with E-state index in [1.807, 2.05) is 6.92 Å². The van der Waals surface area contributed by atoms with Crippen molar-refractivity contribution in [3.8, 4) is 0 Å². The number of nitrogens with zero attached hydrogens (tertiary/aromatic N) is 3. The van der Waals surface area contributed by atoms with Gasteiger partial charge in [0.25, 0.3) is 5.56 Å². The second-order valence-electron chi connectivity index (χ2n) is 7.06. The van der Waals surface area contributed by atoms with Crippen molar-refractivity contribution in [1.82, 2.24) is 15.0 Å². The number of hydrogen-bond acceptors (Lipinski definition) is 6. The van der Waals surface area contributed by atoms with Crippen LogP contribution in [-0.2, 0) is 29.1 Å². The van der Waals surface area contributed by atoms with Gasteiger partial charge in [-0.05, 0) is 37.1 Å². The molecule has 0 saturated carbocycles. The first kappa shape index (κ1) is 19.0. The minimum absolute atomic E-state index is 0.222. The molecule has 1 aliphatic heterocycles. The minimum Gasteiger partial charge on any atom is -0.369 e. The molecule has 146 valence electrons. The van der Waals surface area contributed by atoms with Crippen LogP contribution >= 0.6 is 22.9 Å². The van der Waals surface area contributed by atoms with E-state index in [0.717, 1.165) is 21.5 Å². The number of carbonyl (C=O) groups excluding carboxylic acids is 1. The van der Waals surface area contributed by atoms with Gasteiger partial charge in [-0.25, -0.2) is 4.68 Å². The molecule has 0 bridgehead atoms. The molecule has 1 N–H and O–H groups in total. The minimum atomic E-state index is -0.371. The van der Waals surface area contributed by atoms with Crippen molar-refractivity contribution in [3.63, 3.8) is 0 Å². The fraction of sp³-hybridized carbons (Fsp3) is 0.368. The van der Waals surface area contributed by atoms with Crippen molar-refractivity contribution in [2.45, 2.75) is 45.4 Å². The van der Waals surface area contributed by atoms with Gasteiger partial charge < -0.3 is 10.1 Å². The molecule has 28 heavy (non-hydrogen) atoms. The van der Waals surface area contributed by atoms with Crippen molar-refractivity contribution >= 4 is 44.7 Å². The standard InChI is InChI=1S/C19H19ClN4O3S/c1-3-19(2)8-13-14(10-27-19)28-17-16(13)18(26)24(23-22-17)9-15(25)21-12-6-4-5-11(20)7-12/h4-7H,3,8-10H2,1-2H3,(H,21,25). The molecule has 1 amide bonds. The van der Waals surface area contributed by atoms with Crippen LogP contribution in [0.2, 0.25) is 5.02 Å². The van der Waals surface area contributed by atoms with E-state index in [9.17, 15) is 9.59 Å². The Morgan fingerprint density at radius 2 is 2.29 bits per heavy atom. The van der Waals surface area contributed by atoms with E-state index in [0.29, 0.717) is 34.0 Å². The Bertz CT molecular complexity index is 1130. The molecule has 1 aliphatic rings. The van der Waals surface area contributed by atoms with Crippen molar-refractivity contribution in [2.24, 2.45) is 0 Å². The number of rotatable bonds is 4. The average Bonchev–Trinajstić information content (AvgIpc) is 3.02. The quantitative estimate of drug-likeness (QED) is 0.701. The molecule has 4 rings (SSSR count). The molecule has 0 fully saturated rings. The molecule has 9 heteroatoms. The van der Waals surface area contributed by atoms with Crippen LogP contribution in [0.3, 0.4) is 0 Å². The van der Waals surface area contributed by atoms with Crippen molar-refractivity contribution in [1.29, 1.82) is 0 Å². The largest absolute Gasteiger partial charge is 0.369 e. The fourth-order valence-electron chi connectivity index (χ4n) is 3.25. The molecule has 2 aromatic heterocycles. The van der Waals surface area contributed by atoms with E-state index in [4.69, 9.17) is 16.3 Å². The Labute approximate surface area is 170 Å². The number of nitrogens with one attached hydrogen (secondary N) is 1.